The standard InChI is InChI=1S/C12H8F2O4S2/c1-18-12(15)11-10(20(14,16)17)6-9(19-11)7-2-4-8(13)5-3-7/h2-6H,1H3. The van der Waals surface area contributed by atoms with Gasteiger partial charge in [0, 0.05) is 4.88 Å². The summed E-state index contributed by atoms with van der Waals surface area (Å²) in [4.78, 5) is 10.7. The SMILES string of the molecule is COC(=O)c1sc(-c2ccc(F)cc2)cc1S(=O)(=O)F. The van der Waals surface area contributed by atoms with Crippen LogP contribution in [-0.4, -0.2) is 21.5 Å². The highest BCUT2D eigenvalue weighted by Gasteiger charge is 2.26. The highest BCUT2D eigenvalue weighted by molar-refractivity contribution is 7.86. The number of hydrogen-bond acceptors (Lipinski definition) is 5. The molecule has 4 nitrogen and oxygen atoms in total. The largest absolute Gasteiger partial charge is 0.465 e. The minimum atomic E-state index is -5.05. The quantitative estimate of drug-likeness (QED) is 0.645. The highest BCUT2D eigenvalue weighted by Crippen LogP contribution is 2.35. The Hall–Kier alpha value is -1.80. The monoisotopic (exact) mass is 318 g/mol. The minimum absolute atomic E-state index is 0.321. The molecular weight excluding hydrogens is 310 g/mol. The van der Waals surface area contributed by atoms with E-state index in [0.717, 1.165) is 24.5 Å². The summed E-state index contributed by atoms with van der Waals surface area (Å²) in [5.74, 6) is -1.41. The molecule has 0 unspecified atom stereocenters. The Labute approximate surface area is 117 Å². The minimum Gasteiger partial charge on any atom is -0.465 e. The van der Waals surface area contributed by atoms with Crippen LogP contribution in [0.2, 0.25) is 0 Å². The second-order valence-corrected chi connectivity index (χ2v) is 6.11. The fraction of sp³-hybridized carbons (Fsp3) is 0.0833. The summed E-state index contributed by atoms with van der Waals surface area (Å²) in [6, 6.07) is 6.18. The van der Waals surface area contributed by atoms with Gasteiger partial charge < -0.3 is 4.74 Å². The average Bonchev–Trinajstić information content (AvgIpc) is 2.83. The van der Waals surface area contributed by atoms with Crippen LogP contribution in [0.4, 0.5) is 8.28 Å². The number of thiophene rings is 1. The van der Waals surface area contributed by atoms with Gasteiger partial charge in [-0.1, -0.05) is 12.1 Å². The van der Waals surface area contributed by atoms with Crippen LogP contribution in [0.5, 0.6) is 0 Å². The molecule has 0 bridgehead atoms. The molecule has 0 aliphatic carbocycles. The summed E-state index contributed by atoms with van der Waals surface area (Å²) in [7, 11) is -3.98. The number of rotatable bonds is 3. The Bertz CT molecular complexity index is 748. The van der Waals surface area contributed by atoms with Gasteiger partial charge in [0.25, 0.3) is 0 Å². The molecule has 0 radical (unpaired) electrons. The van der Waals surface area contributed by atoms with Crippen LogP contribution in [0.15, 0.2) is 35.2 Å². The Morgan fingerprint density at radius 3 is 2.35 bits per heavy atom. The van der Waals surface area contributed by atoms with Crippen molar-refractivity contribution >= 4 is 27.5 Å². The van der Waals surface area contributed by atoms with Gasteiger partial charge in [-0.25, -0.2) is 9.18 Å². The van der Waals surface area contributed by atoms with E-state index in [9.17, 15) is 21.5 Å². The highest BCUT2D eigenvalue weighted by atomic mass is 32.3. The van der Waals surface area contributed by atoms with Gasteiger partial charge in [-0.3, -0.25) is 0 Å². The summed E-state index contributed by atoms with van der Waals surface area (Å²) in [6.07, 6.45) is 0. The zero-order valence-electron chi connectivity index (χ0n) is 10.1. The molecule has 0 aliphatic heterocycles. The van der Waals surface area contributed by atoms with E-state index >= 15 is 0 Å². The maximum Gasteiger partial charge on any atom is 0.349 e. The van der Waals surface area contributed by atoms with Gasteiger partial charge >= 0.3 is 16.2 Å². The van der Waals surface area contributed by atoms with E-state index in [2.05, 4.69) is 4.74 Å². The molecule has 1 heterocycles. The molecule has 0 fully saturated rings. The van der Waals surface area contributed by atoms with Crippen molar-refractivity contribution < 1.29 is 26.2 Å². The van der Waals surface area contributed by atoms with Gasteiger partial charge in [-0.05, 0) is 23.8 Å². The van der Waals surface area contributed by atoms with Crippen molar-refractivity contribution in [3.8, 4) is 10.4 Å². The number of hydrogen-bond donors (Lipinski definition) is 0. The molecule has 1 aromatic carbocycles. The lowest BCUT2D eigenvalue weighted by atomic mass is 10.2. The van der Waals surface area contributed by atoms with Crippen LogP contribution < -0.4 is 0 Å². The lowest BCUT2D eigenvalue weighted by Crippen LogP contribution is -2.03. The third-order valence-corrected chi connectivity index (χ3v) is 4.60. The van der Waals surface area contributed by atoms with Crippen LogP contribution in [0, 0.1) is 5.82 Å². The van der Waals surface area contributed by atoms with E-state index in [1.165, 1.54) is 24.3 Å². The molecule has 0 aliphatic rings. The third kappa shape index (κ3) is 2.86. The van der Waals surface area contributed by atoms with Gasteiger partial charge in [0.2, 0.25) is 0 Å². The molecule has 20 heavy (non-hydrogen) atoms. The Morgan fingerprint density at radius 2 is 1.85 bits per heavy atom. The van der Waals surface area contributed by atoms with E-state index in [-0.39, 0.29) is 4.88 Å². The topological polar surface area (TPSA) is 60.4 Å². The van der Waals surface area contributed by atoms with Crippen LogP contribution >= 0.6 is 11.3 Å². The normalized spacial score (nSPS) is 11.3. The molecule has 0 spiro atoms. The first kappa shape index (κ1) is 14.6. The molecule has 0 N–H and O–H groups in total. The Morgan fingerprint density at radius 1 is 1.25 bits per heavy atom. The fourth-order valence-corrected chi connectivity index (χ4v) is 3.59. The van der Waals surface area contributed by atoms with Crippen LogP contribution in [0.3, 0.4) is 0 Å². The summed E-state index contributed by atoms with van der Waals surface area (Å²) >= 11 is 0.762. The zero-order valence-corrected chi connectivity index (χ0v) is 11.7. The van der Waals surface area contributed by atoms with E-state index in [1.54, 1.807) is 0 Å². The molecule has 106 valence electrons. The molecular formula is C12H8F2O4S2. The van der Waals surface area contributed by atoms with E-state index < -0.39 is 26.9 Å². The Balaban J connectivity index is 2.60. The second kappa shape index (κ2) is 5.29. The average molecular weight is 318 g/mol. The summed E-state index contributed by atoms with van der Waals surface area (Å²) in [6.45, 7) is 0. The molecule has 8 heteroatoms. The van der Waals surface area contributed by atoms with E-state index in [1.807, 2.05) is 0 Å². The number of esters is 1. The lowest BCUT2D eigenvalue weighted by Gasteiger charge is -1.96. The predicted molar refractivity (Wildman–Crippen MR) is 69.3 cm³/mol. The third-order valence-electron chi connectivity index (χ3n) is 2.46. The van der Waals surface area contributed by atoms with Crippen molar-refractivity contribution in [1.82, 2.24) is 0 Å². The van der Waals surface area contributed by atoms with Crippen molar-refractivity contribution in [2.24, 2.45) is 0 Å². The zero-order chi connectivity index (χ0) is 14.9. The molecule has 0 amide bonds. The van der Waals surface area contributed by atoms with Crippen molar-refractivity contribution in [2.45, 2.75) is 4.90 Å². The first-order chi connectivity index (χ1) is 9.32. The number of methoxy groups -OCH3 is 1. The second-order valence-electron chi connectivity index (χ2n) is 3.74. The molecule has 0 saturated heterocycles. The number of carbonyl (C=O) groups is 1. The smallest absolute Gasteiger partial charge is 0.349 e. The van der Waals surface area contributed by atoms with E-state index in [4.69, 9.17) is 0 Å². The molecule has 2 rings (SSSR count). The van der Waals surface area contributed by atoms with Gasteiger partial charge in [-0.15, -0.1) is 15.2 Å². The number of halogens is 2. The number of ether oxygens (including phenoxy) is 1. The number of benzene rings is 1. The van der Waals surface area contributed by atoms with Crippen molar-refractivity contribution in [3.63, 3.8) is 0 Å². The van der Waals surface area contributed by atoms with Crippen molar-refractivity contribution in [1.29, 1.82) is 0 Å². The molecule has 0 saturated carbocycles. The summed E-state index contributed by atoms with van der Waals surface area (Å²) in [5, 5.41) is 0. The van der Waals surface area contributed by atoms with E-state index in [0.29, 0.717) is 10.4 Å². The lowest BCUT2D eigenvalue weighted by molar-refractivity contribution is 0.0602. The maximum absolute atomic E-state index is 13.2. The van der Waals surface area contributed by atoms with Crippen LogP contribution in [0.25, 0.3) is 10.4 Å². The van der Waals surface area contributed by atoms with Gasteiger partial charge in [0.1, 0.15) is 15.6 Å². The maximum atomic E-state index is 13.2. The number of carbonyl (C=O) groups excluding carboxylic acids is 1. The fourth-order valence-electron chi connectivity index (χ4n) is 1.55. The first-order valence-electron chi connectivity index (χ1n) is 5.25. The van der Waals surface area contributed by atoms with Gasteiger partial charge in [0.05, 0.1) is 7.11 Å². The van der Waals surface area contributed by atoms with Gasteiger partial charge in [0.15, 0.2) is 0 Å². The first-order valence-corrected chi connectivity index (χ1v) is 7.45. The predicted octanol–water partition coefficient (Wildman–Crippen LogP) is 3.00. The van der Waals surface area contributed by atoms with Crippen LogP contribution in [-0.2, 0) is 15.0 Å². The van der Waals surface area contributed by atoms with Crippen molar-refractivity contribution in [3.05, 3.63) is 41.0 Å². The van der Waals surface area contributed by atoms with Gasteiger partial charge in [-0.2, -0.15) is 8.42 Å². The summed E-state index contributed by atoms with van der Waals surface area (Å²) in [5.41, 5.74) is 0.469. The van der Waals surface area contributed by atoms with Crippen LogP contribution in [0.1, 0.15) is 9.67 Å². The molecule has 0 atom stereocenters. The Kier molecular flexibility index (Phi) is 3.87. The molecule has 1 aromatic heterocycles. The van der Waals surface area contributed by atoms with Crippen molar-refractivity contribution in [2.75, 3.05) is 7.11 Å². The molecule has 2 aromatic rings. The summed E-state index contributed by atoms with van der Waals surface area (Å²) < 4.78 is 52.5.